The van der Waals surface area contributed by atoms with Crippen LogP contribution in [-0.4, -0.2) is 19.1 Å². The number of carbonyl (C=O) groups excluding carboxylic acids is 1. The number of rotatable bonds is 6. The van der Waals surface area contributed by atoms with Gasteiger partial charge in [-0.15, -0.1) is 0 Å². The standard InChI is InChI=1S/C20H18FNO2/c21-18-8-5-15(6-9-18)11-12-22-20(23)14-24-19-10-7-16-3-1-2-4-17(16)13-19/h1-10,13H,11-12,14H2,(H,22,23). The number of benzene rings is 3. The van der Waals surface area contributed by atoms with Gasteiger partial charge < -0.3 is 10.1 Å². The molecular weight excluding hydrogens is 305 g/mol. The van der Waals surface area contributed by atoms with Crippen molar-refractivity contribution in [3.8, 4) is 5.75 Å². The van der Waals surface area contributed by atoms with Crippen molar-refractivity contribution in [2.75, 3.05) is 13.2 Å². The van der Waals surface area contributed by atoms with Crippen LogP contribution in [0.25, 0.3) is 10.8 Å². The van der Waals surface area contributed by atoms with Gasteiger partial charge in [-0.3, -0.25) is 4.79 Å². The first-order valence-corrected chi connectivity index (χ1v) is 7.83. The van der Waals surface area contributed by atoms with Crippen molar-refractivity contribution in [3.05, 3.63) is 78.1 Å². The third-order valence-electron chi connectivity index (χ3n) is 3.74. The van der Waals surface area contributed by atoms with Gasteiger partial charge in [0.1, 0.15) is 11.6 Å². The molecule has 3 aromatic rings. The van der Waals surface area contributed by atoms with Crippen LogP contribution in [0.2, 0.25) is 0 Å². The molecule has 0 aliphatic heterocycles. The van der Waals surface area contributed by atoms with Crippen molar-refractivity contribution < 1.29 is 13.9 Å². The molecule has 0 unspecified atom stereocenters. The molecule has 0 fully saturated rings. The van der Waals surface area contributed by atoms with Gasteiger partial charge >= 0.3 is 0 Å². The van der Waals surface area contributed by atoms with Crippen molar-refractivity contribution in [1.82, 2.24) is 5.32 Å². The SMILES string of the molecule is O=C(COc1ccc2ccccc2c1)NCCc1ccc(F)cc1. The fourth-order valence-corrected chi connectivity index (χ4v) is 2.45. The summed E-state index contributed by atoms with van der Waals surface area (Å²) >= 11 is 0. The number of carbonyl (C=O) groups is 1. The van der Waals surface area contributed by atoms with Crippen LogP contribution in [0.3, 0.4) is 0 Å². The summed E-state index contributed by atoms with van der Waals surface area (Å²) in [5.74, 6) is 0.235. The first kappa shape index (κ1) is 16.0. The van der Waals surface area contributed by atoms with E-state index >= 15 is 0 Å². The Morgan fingerprint density at radius 3 is 2.50 bits per heavy atom. The first-order chi connectivity index (χ1) is 11.7. The van der Waals surface area contributed by atoms with E-state index in [0.29, 0.717) is 18.7 Å². The molecule has 3 aromatic carbocycles. The second-order valence-electron chi connectivity index (χ2n) is 5.52. The Hall–Kier alpha value is -2.88. The minimum absolute atomic E-state index is 0.0260. The molecule has 24 heavy (non-hydrogen) atoms. The van der Waals surface area contributed by atoms with E-state index in [0.717, 1.165) is 16.3 Å². The van der Waals surface area contributed by atoms with E-state index in [1.165, 1.54) is 12.1 Å². The summed E-state index contributed by atoms with van der Waals surface area (Å²) in [6.07, 6.45) is 0.655. The number of halogens is 1. The maximum atomic E-state index is 12.8. The largest absolute Gasteiger partial charge is 0.484 e. The summed E-state index contributed by atoms with van der Waals surface area (Å²) in [6, 6.07) is 20.0. The molecule has 1 N–H and O–H groups in total. The average molecular weight is 323 g/mol. The van der Waals surface area contributed by atoms with Crippen LogP contribution < -0.4 is 10.1 Å². The fourth-order valence-electron chi connectivity index (χ4n) is 2.45. The zero-order valence-electron chi connectivity index (χ0n) is 13.2. The number of fused-ring (bicyclic) bond motifs is 1. The van der Waals surface area contributed by atoms with Gasteiger partial charge in [-0.2, -0.15) is 0 Å². The minimum atomic E-state index is -0.258. The van der Waals surface area contributed by atoms with Gasteiger partial charge in [-0.25, -0.2) is 4.39 Å². The molecule has 0 radical (unpaired) electrons. The summed E-state index contributed by atoms with van der Waals surface area (Å²) in [5.41, 5.74) is 0.979. The molecule has 1 amide bonds. The summed E-state index contributed by atoms with van der Waals surface area (Å²) in [6.45, 7) is 0.466. The van der Waals surface area contributed by atoms with Crippen LogP contribution in [0, 0.1) is 5.82 Å². The molecule has 0 saturated carbocycles. The van der Waals surface area contributed by atoms with E-state index in [1.54, 1.807) is 12.1 Å². The van der Waals surface area contributed by atoms with Crippen LogP contribution in [0.5, 0.6) is 5.75 Å². The minimum Gasteiger partial charge on any atom is -0.484 e. The molecule has 0 atom stereocenters. The van der Waals surface area contributed by atoms with Crippen molar-refractivity contribution in [2.24, 2.45) is 0 Å². The van der Waals surface area contributed by atoms with E-state index in [1.807, 2.05) is 42.5 Å². The van der Waals surface area contributed by atoms with Crippen molar-refractivity contribution in [3.63, 3.8) is 0 Å². The number of hydrogen-bond acceptors (Lipinski definition) is 2. The molecule has 0 saturated heterocycles. The Morgan fingerprint density at radius 2 is 1.71 bits per heavy atom. The van der Waals surface area contributed by atoms with E-state index in [9.17, 15) is 9.18 Å². The molecule has 0 aliphatic carbocycles. The normalized spacial score (nSPS) is 10.5. The molecule has 4 heteroatoms. The highest BCUT2D eigenvalue weighted by Crippen LogP contribution is 2.20. The molecule has 3 nitrogen and oxygen atoms in total. The smallest absolute Gasteiger partial charge is 0.257 e. The number of ether oxygens (including phenoxy) is 1. The zero-order chi connectivity index (χ0) is 16.8. The summed E-state index contributed by atoms with van der Waals surface area (Å²) in [5, 5.41) is 5.00. The van der Waals surface area contributed by atoms with Crippen molar-refractivity contribution in [1.29, 1.82) is 0 Å². The Balaban J connectivity index is 1.45. The average Bonchev–Trinajstić information content (AvgIpc) is 2.61. The molecule has 0 heterocycles. The number of amides is 1. The van der Waals surface area contributed by atoms with Gasteiger partial charge in [0.25, 0.3) is 5.91 Å². The van der Waals surface area contributed by atoms with Crippen molar-refractivity contribution >= 4 is 16.7 Å². The monoisotopic (exact) mass is 323 g/mol. The quantitative estimate of drug-likeness (QED) is 0.751. The summed E-state index contributed by atoms with van der Waals surface area (Å²) in [4.78, 5) is 11.8. The highest BCUT2D eigenvalue weighted by Gasteiger charge is 2.03. The Bertz CT molecular complexity index is 830. The van der Waals surface area contributed by atoms with Crippen LogP contribution >= 0.6 is 0 Å². The Labute approximate surface area is 140 Å². The van der Waals surface area contributed by atoms with Gasteiger partial charge in [0, 0.05) is 6.54 Å². The van der Waals surface area contributed by atoms with Gasteiger partial charge in [0.05, 0.1) is 0 Å². The topological polar surface area (TPSA) is 38.3 Å². The van der Waals surface area contributed by atoms with Crippen LogP contribution in [0.15, 0.2) is 66.7 Å². The molecule has 0 spiro atoms. The first-order valence-electron chi connectivity index (χ1n) is 7.83. The molecule has 3 rings (SSSR count). The fraction of sp³-hybridized carbons (Fsp3) is 0.150. The maximum absolute atomic E-state index is 12.8. The van der Waals surface area contributed by atoms with E-state index in [2.05, 4.69) is 5.32 Å². The van der Waals surface area contributed by atoms with Crippen molar-refractivity contribution in [2.45, 2.75) is 6.42 Å². The molecule has 0 aromatic heterocycles. The second kappa shape index (κ2) is 7.59. The number of hydrogen-bond donors (Lipinski definition) is 1. The van der Waals surface area contributed by atoms with Gasteiger partial charge in [0.2, 0.25) is 0 Å². The molecule has 0 bridgehead atoms. The van der Waals surface area contributed by atoms with Gasteiger partial charge in [0.15, 0.2) is 6.61 Å². The van der Waals surface area contributed by atoms with E-state index in [4.69, 9.17) is 4.74 Å². The highest BCUT2D eigenvalue weighted by atomic mass is 19.1. The lowest BCUT2D eigenvalue weighted by Gasteiger charge is -2.08. The Morgan fingerprint density at radius 1 is 0.958 bits per heavy atom. The third kappa shape index (κ3) is 4.32. The summed E-state index contributed by atoms with van der Waals surface area (Å²) in [7, 11) is 0. The molecule has 0 aliphatic rings. The Kier molecular flexibility index (Phi) is 5.06. The molecular formula is C20H18FNO2. The van der Waals surface area contributed by atoms with Crippen LogP contribution in [-0.2, 0) is 11.2 Å². The predicted octanol–water partition coefficient (Wildman–Crippen LogP) is 3.72. The van der Waals surface area contributed by atoms with E-state index < -0.39 is 0 Å². The van der Waals surface area contributed by atoms with Gasteiger partial charge in [-0.05, 0) is 47.0 Å². The molecule has 122 valence electrons. The highest BCUT2D eigenvalue weighted by molar-refractivity contribution is 5.84. The van der Waals surface area contributed by atoms with Crippen LogP contribution in [0.4, 0.5) is 4.39 Å². The lowest BCUT2D eigenvalue weighted by atomic mass is 10.1. The van der Waals surface area contributed by atoms with E-state index in [-0.39, 0.29) is 18.3 Å². The van der Waals surface area contributed by atoms with Crippen LogP contribution in [0.1, 0.15) is 5.56 Å². The predicted molar refractivity (Wildman–Crippen MR) is 92.6 cm³/mol. The second-order valence-corrected chi connectivity index (χ2v) is 5.52. The lowest BCUT2D eigenvalue weighted by Crippen LogP contribution is -2.30. The van der Waals surface area contributed by atoms with Gasteiger partial charge in [-0.1, -0.05) is 42.5 Å². The zero-order valence-corrected chi connectivity index (χ0v) is 13.2. The number of nitrogens with one attached hydrogen (secondary N) is 1. The third-order valence-corrected chi connectivity index (χ3v) is 3.74. The lowest BCUT2D eigenvalue weighted by molar-refractivity contribution is -0.123. The maximum Gasteiger partial charge on any atom is 0.257 e. The summed E-state index contributed by atoms with van der Waals surface area (Å²) < 4.78 is 18.3.